The van der Waals surface area contributed by atoms with E-state index in [9.17, 15) is 4.79 Å². The smallest absolute Gasteiger partial charge is 0.291 e. The van der Waals surface area contributed by atoms with Gasteiger partial charge in [-0.1, -0.05) is 25.5 Å². The minimum Gasteiger partial charge on any atom is -0.486 e. The molecule has 0 spiro atoms. The Labute approximate surface area is 186 Å². The van der Waals surface area contributed by atoms with Gasteiger partial charge in [0.25, 0.3) is 5.91 Å². The number of hydrogen-bond acceptors (Lipinski definition) is 5. The quantitative estimate of drug-likeness (QED) is 0.397. The van der Waals surface area contributed by atoms with E-state index in [0.29, 0.717) is 18.0 Å². The van der Waals surface area contributed by atoms with E-state index in [-0.39, 0.29) is 18.3 Å². The predicted octanol–water partition coefficient (Wildman–Crippen LogP) is 4.52. The number of aromatic nitrogens is 4. The van der Waals surface area contributed by atoms with Gasteiger partial charge in [-0.05, 0) is 43.2 Å². The van der Waals surface area contributed by atoms with Crippen molar-refractivity contribution in [1.29, 1.82) is 0 Å². The van der Waals surface area contributed by atoms with Crippen LogP contribution in [0, 0.1) is 0 Å². The van der Waals surface area contributed by atoms with Gasteiger partial charge in [0, 0.05) is 24.5 Å². The second kappa shape index (κ2) is 10.00. The van der Waals surface area contributed by atoms with E-state index >= 15 is 0 Å². The summed E-state index contributed by atoms with van der Waals surface area (Å²) in [6, 6.07) is 11.4. The van der Waals surface area contributed by atoms with Crippen LogP contribution in [0.25, 0.3) is 0 Å². The fraction of sp³-hybridized carbons (Fsp3) is 0.292. The highest BCUT2D eigenvalue weighted by Gasteiger charge is 2.13. The molecule has 0 aliphatic heterocycles. The van der Waals surface area contributed by atoms with Gasteiger partial charge in [-0.3, -0.25) is 14.2 Å². The molecular weight excluding hydrogens is 406 g/mol. The largest absolute Gasteiger partial charge is 0.486 e. The molecule has 0 unspecified atom stereocenters. The van der Waals surface area contributed by atoms with Crippen molar-refractivity contribution in [2.24, 2.45) is 0 Å². The highest BCUT2D eigenvalue weighted by Crippen LogP contribution is 2.17. The van der Waals surface area contributed by atoms with Crippen molar-refractivity contribution >= 4 is 11.6 Å². The summed E-state index contributed by atoms with van der Waals surface area (Å²) in [6.45, 7) is 5.85. The van der Waals surface area contributed by atoms with Gasteiger partial charge in [-0.25, -0.2) is 0 Å². The van der Waals surface area contributed by atoms with Crippen LogP contribution >= 0.6 is 0 Å². The molecular formula is C24H27N5O3. The van der Waals surface area contributed by atoms with Gasteiger partial charge in [-0.15, -0.1) is 0 Å². The van der Waals surface area contributed by atoms with Crippen molar-refractivity contribution in [3.63, 3.8) is 0 Å². The number of amides is 1. The standard InChI is InChI=1S/C24H27N5O3/c1-3-5-18-6-8-21(9-7-18)31-17-22-10-11-23(32-22)24(30)27-20-13-26-29(16-20)15-19-12-25-28(4-2)14-19/h6-14,16H,3-5,15,17H2,1-2H3,(H,27,30). The number of carbonyl (C=O) groups excluding carboxylic acids is 1. The molecule has 1 N–H and O–H groups in total. The van der Waals surface area contributed by atoms with Crippen LogP contribution in [-0.2, 0) is 26.1 Å². The summed E-state index contributed by atoms with van der Waals surface area (Å²) < 4.78 is 15.0. The van der Waals surface area contributed by atoms with Crippen LogP contribution < -0.4 is 10.1 Å². The lowest BCUT2D eigenvalue weighted by atomic mass is 10.1. The van der Waals surface area contributed by atoms with Gasteiger partial charge >= 0.3 is 0 Å². The molecule has 8 heteroatoms. The first-order valence-electron chi connectivity index (χ1n) is 10.8. The molecule has 0 bridgehead atoms. The molecule has 4 rings (SSSR count). The molecule has 3 heterocycles. The van der Waals surface area contributed by atoms with E-state index < -0.39 is 0 Å². The summed E-state index contributed by atoms with van der Waals surface area (Å²) in [4.78, 5) is 12.5. The third kappa shape index (κ3) is 5.46. The summed E-state index contributed by atoms with van der Waals surface area (Å²) in [5.74, 6) is 1.23. The first-order chi connectivity index (χ1) is 15.6. The van der Waals surface area contributed by atoms with Gasteiger partial charge < -0.3 is 14.5 Å². The van der Waals surface area contributed by atoms with Crippen molar-refractivity contribution in [3.05, 3.63) is 83.8 Å². The summed E-state index contributed by atoms with van der Waals surface area (Å²) in [6.07, 6.45) is 9.34. The fourth-order valence-electron chi connectivity index (χ4n) is 3.33. The Bertz CT molecular complexity index is 1160. The van der Waals surface area contributed by atoms with Gasteiger partial charge in [0.05, 0.1) is 24.6 Å². The number of nitrogens with zero attached hydrogens (tertiary/aromatic N) is 4. The number of anilines is 1. The van der Waals surface area contributed by atoms with E-state index in [4.69, 9.17) is 9.15 Å². The molecule has 1 amide bonds. The van der Waals surface area contributed by atoms with Crippen molar-refractivity contribution in [3.8, 4) is 5.75 Å². The Morgan fingerprint density at radius 1 is 1.00 bits per heavy atom. The molecule has 166 valence electrons. The summed E-state index contributed by atoms with van der Waals surface area (Å²) in [7, 11) is 0. The van der Waals surface area contributed by atoms with Crippen molar-refractivity contribution in [2.45, 2.75) is 46.4 Å². The molecule has 4 aromatic rings. The first-order valence-corrected chi connectivity index (χ1v) is 10.8. The number of aryl methyl sites for hydroxylation is 2. The molecule has 32 heavy (non-hydrogen) atoms. The van der Waals surface area contributed by atoms with Crippen LogP contribution in [0.2, 0.25) is 0 Å². The van der Waals surface area contributed by atoms with Gasteiger partial charge in [0.1, 0.15) is 18.1 Å². The van der Waals surface area contributed by atoms with Crippen LogP contribution in [0.15, 0.2) is 65.6 Å². The van der Waals surface area contributed by atoms with Crippen LogP contribution in [-0.4, -0.2) is 25.5 Å². The van der Waals surface area contributed by atoms with Crippen molar-refractivity contribution in [1.82, 2.24) is 19.6 Å². The minimum absolute atomic E-state index is 0.221. The first kappa shape index (κ1) is 21.4. The number of furan rings is 1. The molecule has 0 atom stereocenters. The molecule has 0 aliphatic carbocycles. The van der Waals surface area contributed by atoms with E-state index in [1.165, 1.54) is 5.56 Å². The van der Waals surface area contributed by atoms with E-state index in [0.717, 1.165) is 30.7 Å². The Hall–Kier alpha value is -3.81. The second-order valence-electron chi connectivity index (χ2n) is 7.53. The number of hydrogen-bond donors (Lipinski definition) is 1. The third-order valence-corrected chi connectivity index (χ3v) is 4.97. The van der Waals surface area contributed by atoms with Crippen LogP contribution in [0.1, 0.15) is 47.7 Å². The number of carbonyl (C=O) groups is 1. The molecule has 1 aromatic carbocycles. The second-order valence-corrected chi connectivity index (χ2v) is 7.53. The maximum Gasteiger partial charge on any atom is 0.291 e. The average Bonchev–Trinajstić information content (AvgIpc) is 3.55. The summed E-state index contributed by atoms with van der Waals surface area (Å²) in [5.41, 5.74) is 2.93. The number of rotatable bonds is 10. The topological polar surface area (TPSA) is 87.1 Å². The van der Waals surface area contributed by atoms with Crippen LogP contribution in [0.4, 0.5) is 5.69 Å². The zero-order chi connectivity index (χ0) is 22.3. The zero-order valence-corrected chi connectivity index (χ0v) is 18.3. The molecule has 0 fully saturated rings. The maximum atomic E-state index is 12.5. The van der Waals surface area contributed by atoms with Gasteiger partial charge in [-0.2, -0.15) is 10.2 Å². The van der Waals surface area contributed by atoms with E-state index in [1.54, 1.807) is 29.2 Å². The lowest BCUT2D eigenvalue weighted by Crippen LogP contribution is -2.10. The normalized spacial score (nSPS) is 10.9. The maximum absolute atomic E-state index is 12.5. The molecule has 0 aliphatic rings. The summed E-state index contributed by atoms with van der Waals surface area (Å²) >= 11 is 0. The average molecular weight is 434 g/mol. The highest BCUT2D eigenvalue weighted by molar-refractivity contribution is 6.02. The molecule has 0 saturated carbocycles. The lowest BCUT2D eigenvalue weighted by Gasteiger charge is -2.05. The van der Waals surface area contributed by atoms with Crippen molar-refractivity contribution in [2.75, 3.05) is 5.32 Å². The zero-order valence-electron chi connectivity index (χ0n) is 18.3. The Morgan fingerprint density at radius 3 is 2.56 bits per heavy atom. The lowest BCUT2D eigenvalue weighted by molar-refractivity contribution is 0.0992. The molecule has 0 radical (unpaired) electrons. The number of ether oxygens (including phenoxy) is 1. The number of nitrogens with one attached hydrogen (secondary N) is 1. The minimum atomic E-state index is -0.335. The highest BCUT2D eigenvalue weighted by atomic mass is 16.5. The fourth-order valence-corrected chi connectivity index (χ4v) is 3.33. The molecule has 0 saturated heterocycles. The SMILES string of the molecule is CCCc1ccc(OCc2ccc(C(=O)Nc3cnn(Cc4cnn(CC)c4)c3)o2)cc1. The van der Waals surface area contributed by atoms with E-state index in [1.807, 2.05) is 36.1 Å². The monoisotopic (exact) mass is 433 g/mol. The van der Waals surface area contributed by atoms with Crippen molar-refractivity contribution < 1.29 is 13.9 Å². The van der Waals surface area contributed by atoms with E-state index in [2.05, 4.69) is 34.6 Å². The van der Waals surface area contributed by atoms with Crippen LogP contribution in [0.3, 0.4) is 0 Å². The van der Waals surface area contributed by atoms with Gasteiger partial charge in [0.15, 0.2) is 5.76 Å². The Kier molecular flexibility index (Phi) is 6.69. The van der Waals surface area contributed by atoms with Gasteiger partial charge in [0.2, 0.25) is 0 Å². The molecule has 8 nitrogen and oxygen atoms in total. The summed E-state index contributed by atoms with van der Waals surface area (Å²) in [5, 5.41) is 11.4. The molecule has 3 aromatic heterocycles. The Balaban J connectivity index is 1.29. The predicted molar refractivity (Wildman–Crippen MR) is 121 cm³/mol. The third-order valence-electron chi connectivity index (χ3n) is 4.97. The number of benzene rings is 1. The Morgan fingerprint density at radius 2 is 1.81 bits per heavy atom. The van der Waals surface area contributed by atoms with Crippen LogP contribution in [0.5, 0.6) is 5.75 Å².